The molecule has 0 aliphatic rings. The molecule has 2 heteroatoms. The molecular formula is C4H6BrCl. The first-order valence-corrected chi connectivity index (χ1v) is 3.34. The largest absolute Gasteiger partial charge is 0.122 e. The lowest BCUT2D eigenvalue weighted by Gasteiger charge is -1.69. The molecule has 0 amide bonds. The second-order valence-corrected chi connectivity index (χ2v) is 1.74. The standard InChI is InChI=1S/C4H6BrCl/c5-3-1-2-4-6/h1-2H,3-4H2. The minimum absolute atomic E-state index is 0.617. The molecule has 36 valence electrons. The first-order valence-electron chi connectivity index (χ1n) is 1.68. The van der Waals surface area contributed by atoms with Gasteiger partial charge < -0.3 is 0 Å². The van der Waals surface area contributed by atoms with Crippen molar-refractivity contribution >= 4 is 27.5 Å². The van der Waals surface area contributed by atoms with Crippen LogP contribution in [0.15, 0.2) is 12.2 Å². The van der Waals surface area contributed by atoms with E-state index < -0.39 is 0 Å². The highest BCUT2D eigenvalue weighted by Gasteiger charge is 1.62. The molecular weight excluding hydrogens is 163 g/mol. The van der Waals surface area contributed by atoms with Crippen molar-refractivity contribution < 1.29 is 0 Å². The minimum Gasteiger partial charge on any atom is -0.122 e. The highest BCUT2D eigenvalue weighted by molar-refractivity contribution is 9.09. The van der Waals surface area contributed by atoms with Gasteiger partial charge in [-0.05, 0) is 0 Å². The lowest BCUT2D eigenvalue weighted by Crippen LogP contribution is -1.59. The summed E-state index contributed by atoms with van der Waals surface area (Å²) in [6.07, 6.45) is 3.86. The summed E-state index contributed by atoms with van der Waals surface area (Å²) in [6, 6.07) is 0. The zero-order valence-corrected chi connectivity index (χ0v) is 5.67. The van der Waals surface area contributed by atoms with Crippen molar-refractivity contribution in [2.45, 2.75) is 0 Å². The molecule has 0 saturated carbocycles. The van der Waals surface area contributed by atoms with Crippen LogP contribution in [0.1, 0.15) is 0 Å². The number of allylic oxidation sites excluding steroid dienone is 2. The van der Waals surface area contributed by atoms with E-state index in [1.807, 2.05) is 12.2 Å². The molecule has 0 aromatic heterocycles. The van der Waals surface area contributed by atoms with Gasteiger partial charge >= 0.3 is 0 Å². The third kappa shape index (κ3) is 4.51. The first-order chi connectivity index (χ1) is 2.91. The minimum atomic E-state index is 0.617. The highest BCUT2D eigenvalue weighted by Crippen LogP contribution is 1.82. The maximum absolute atomic E-state index is 5.27. The quantitative estimate of drug-likeness (QED) is 0.439. The van der Waals surface area contributed by atoms with Crippen molar-refractivity contribution in [1.82, 2.24) is 0 Å². The van der Waals surface area contributed by atoms with Crippen molar-refractivity contribution in [2.75, 3.05) is 11.2 Å². The fourth-order valence-electron chi connectivity index (χ4n) is 0.126. The molecule has 6 heavy (non-hydrogen) atoms. The molecule has 0 aliphatic carbocycles. The summed E-state index contributed by atoms with van der Waals surface area (Å²) in [6.45, 7) is 0. The summed E-state index contributed by atoms with van der Waals surface area (Å²) in [5.41, 5.74) is 0. The molecule has 0 saturated heterocycles. The van der Waals surface area contributed by atoms with Gasteiger partial charge in [-0.3, -0.25) is 0 Å². The van der Waals surface area contributed by atoms with E-state index in [9.17, 15) is 0 Å². The SMILES string of the molecule is ClCC=CCBr. The van der Waals surface area contributed by atoms with Crippen LogP contribution in [0.5, 0.6) is 0 Å². The van der Waals surface area contributed by atoms with Crippen molar-refractivity contribution in [3.63, 3.8) is 0 Å². The summed E-state index contributed by atoms with van der Waals surface area (Å²) in [5, 5.41) is 0.903. The van der Waals surface area contributed by atoms with E-state index in [0.717, 1.165) is 5.33 Å². The number of rotatable bonds is 2. The van der Waals surface area contributed by atoms with Crippen molar-refractivity contribution in [3.8, 4) is 0 Å². The van der Waals surface area contributed by atoms with Crippen LogP contribution in [0, 0.1) is 0 Å². The second kappa shape index (κ2) is 5.51. The fourth-order valence-corrected chi connectivity index (χ4v) is 0.516. The molecule has 0 radical (unpaired) electrons. The van der Waals surface area contributed by atoms with Crippen LogP contribution in [-0.2, 0) is 0 Å². The first kappa shape index (κ1) is 6.51. The zero-order chi connectivity index (χ0) is 4.83. The summed E-state index contributed by atoms with van der Waals surface area (Å²) in [7, 11) is 0. The van der Waals surface area contributed by atoms with Crippen LogP contribution >= 0.6 is 27.5 Å². The van der Waals surface area contributed by atoms with Gasteiger partial charge in [0, 0.05) is 11.2 Å². The van der Waals surface area contributed by atoms with Crippen LogP contribution in [0.4, 0.5) is 0 Å². The summed E-state index contributed by atoms with van der Waals surface area (Å²) < 4.78 is 0. The Labute approximate surface area is 51.3 Å². The molecule has 0 N–H and O–H groups in total. The van der Waals surface area contributed by atoms with Gasteiger partial charge in [0.1, 0.15) is 0 Å². The highest BCUT2D eigenvalue weighted by atomic mass is 79.9. The molecule has 0 fully saturated rings. The maximum atomic E-state index is 5.27. The van der Waals surface area contributed by atoms with Crippen molar-refractivity contribution in [3.05, 3.63) is 12.2 Å². The van der Waals surface area contributed by atoms with Crippen molar-refractivity contribution in [1.29, 1.82) is 0 Å². The molecule has 0 unspecified atom stereocenters. The number of alkyl halides is 2. The topological polar surface area (TPSA) is 0 Å². The van der Waals surface area contributed by atoms with E-state index in [4.69, 9.17) is 11.6 Å². The van der Waals surface area contributed by atoms with Gasteiger partial charge in [-0.25, -0.2) is 0 Å². The molecule has 0 rings (SSSR count). The molecule has 0 aromatic carbocycles. The van der Waals surface area contributed by atoms with E-state index in [-0.39, 0.29) is 0 Å². The van der Waals surface area contributed by atoms with E-state index in [1.165, 1.54) is 0 Å². The van der Waals surface area contributed by atoms with Gasteiger partial charge in [0.15, 0.2) is 0 Å². The molecule has 0 atom stereocenters. The Bertz CT molecular complexity index is 36.8. The molecule has 0 spiro atoms. The predicted molar refractivity (Wildman–Crippen MR) is 33.7 cm³/mol. The zero-order valence-electron chi connectivity index (χ0n) is 3.32. The lowest BCUT2D eigenvalue weighted by atomic mass is 10.6. The molecule has 0 aromatic rings. The van der Waals surface area contributed by atoms with Crippen LogP contribution in [0.3, 0.4) is 0 Å². The monoisotopic (exact) mass is 168 g/mol. The molecule has 0 nitrogen and oxygen atoms in total. The second-order valence-electron chi connectivity index (χ2n) is 0.780. The average Bonchev–Trinajstić information content (AvgIpc) is 1.61. The van der Waals surface area contributed by atoms with Crippen LogP contribution in [-0.4, -0.2) is 11.2 Å². The average molecular weight is 169 g/mol. The van der Waals surface area contributed by atoms with Crippen LogP contribution in [0.2, 0.25) is 0 Å². The van der Waals surface area contributed by atoms with Gasteiger partial charge in [-0.15, -0.1) is 11.6 Å². The predicted octanol–water partition coefficient (Wildman–Crippen LogP) is 2.18. The van der Waals surface area contributed by atoms with E-state index in [1.54, 1.807) is 0 Å². The fraction of sp³-hybridized carbons (Fsp3) is 0.500. The van der Waals surface area contributed by atoms with Gasteiger partial charge in [0.2, 0.25) is 0 Å². The normalized spacial score (nSPS) is 10.3. The Hall–Kier alpha value is 0.510. The van der Waals surface area contributed by atoms with E-state index >= 15 is 0 Å². The summed E-state index contributed by atoms with van der Waals surface area (Å²) in [4.78, 5) is 0. The number of hydrogen-bond donors (Lipinski definition) is 0. The maximum Gasteiger partial charge on any atom is 0.0404 e. The van der Waals surface area contributed by atoms with Gasteiger partial charge in [0.05, 0.1) is 0 Å². The van der Waals surface area contributed by atoms with Gasteiger partial charge in [-0.2, -0.15) is 0 Å². The molecule has 0 bridgehead atoms. The Morgan fingerprint density at radius 1 is 1.50 bits per heavy atom. The number of halogens is 2. The van der Waals surface area contributed by atoms with E-state index in [2.05, 4.69) is 15.9 Å². The Kier molecular flexibility index (Phi) is 5.98. The number of hydrogen-bond acceptors (Lipinski definition) is 0. The lowest BCUT2D eigenvalue weighted by molar-refractivity contribution is 1.68. The third-order valence-corrected chi connectivity index (χ3v) is 0.897. The smallest absolute Gasteiger partial charge is 0.0404 e. The van der Waals surface area contributed by atoms with Crippen LogP contribution < -0.4 is 0 Å². The Morgan fingerprint density at radius 2 is 2.17 bits per heavy atom. The molecule has 0 heterocycles. The molecule has 0 aliphatic heterocycles. The van der Waals surface area contributed by atoms with Gasteiger partial charge in [0.25, 0.3) is 0 Å². The Balaban J connectivity index is 2.73. The van der Waals surface area contributed by atoms with E-state index in [0.29, 0.717) is 5.88 Å². The third-order valence-electron chi connectivity index (χ3n) is 0.345. The van der Waals surface area contributed by atoms with Crippen LogP contribution in [0.25, 0.3) is 0 Å². The Morgan fingerprint density at radius 3 is 2.33 bits per heavy atom. The van der Waals surface area contributed by atoms with Gasteiger partial charge in [-0.1, -0.05) is 28.1 Å². The van der Waals surface area contributed by atoms with Crippen molar-refractivity contribution in [2.24, 2.45) is 0 Å². The summed E-state index contributed by atoms with van der Waals surface area (Å²) >= 11 is 8.48. The summed E-state index contributed by atoms with van der Waals surface area (Å²) in [5.74, 6) is 0.617.